The summed E-state index contributed by atoms with van der Waals surface area (Å²) in [4.78, 5) is 21.9. The van der Waals surface area contributed by atoms with Crippen LogP contribution in [0.5, 0.6) is 0 Å². The molecule has 1 amide bonds. The molecule has 2 unspecified atom stereocenters. The summed E-state index contributed by atoms with van der Waals surface area (Å²) >= 11 is 0. The van der Waals surface area contributed by atoms with Crippen molar-refractivity contribution in [1.82, 2.24) is 16.0 Å². The van der Waals surface area contributed by atoms with Crippen molar-refractivity contribution in [2.24, 2.45) is 17.4 Å². The number of carboxylic acid groups (broad SMARTS) is 2. The fourth-order valence-corrected chi connectivity index (χ4v) is 2.20. The monoisotopic (exact) mass is 333 g/mol. The van der Waals surface area contributed by atoms with Crippen molar-refractivity contribution < 1.29 is 19.8 Å². The Morgan fingerprint density at radius 1 is 0.957 bits per heavy atom. The number of amides is 1. The van der Waals surface area contributed by atoms with E-state index in [-0.39, 0.29) is 12.3 Å². The first-order valence-corrected chi connectivity index (χ1v) is 8.05. The van der Waals surface area contributed by atoms with Gasteiger partial charge >= 0.3 is 12.1 Å². The van der Waals surface area contributed by atoms with Crippen molar-refractivity contribution >= 4 is 12.1 Å². The molecule has 0 radical (unpaired) electrons. The van der Waals surface area contributed by atoms with Gasteiger partial charge in [0.1, 0.15) is 6.04 Å². The molecule has 0 bridgehead atoms. The highest BCUT2D eigenvalue weighted by molar-refractivity contribution is 5.79. The van der Waals surface area contributed by atoms with Crippen LogP contribution in [0.1, 0.15) is 25.7 Å². The Labute approximate surface area is 137 Å². The van der Waals surface area contributed by atoms with Crippen molar-refractivity contribution in [2.75, 3.05) is 39.3 Å². The number of carbonyl (C=O) groups is 2. The second-order valence-electron chi connectivity index (χ2n) is 5.47. The summed E-state index contributed by atoms with van der Waals surface area (Å²) in [6, 6.07) is -1.10. The summed E-state index contributed by atoms with van der Waals surface area (Å²) < 4.78 is 0. The Balaban J connectivity index is 4.35. The van der Waals surface area contributed by atoms with E-state index in [9.17, 15) is 9.59 Å². The van der Waals surface area contributed by atoms with E-state index in [4.69, 9.17) is 21.7 Å². The summed E-state index contributed by atoms with van der Waals surface area (Å²) in [5, 5.41) is 26.4. The lowest BCUT2D eigenvalue weighted by atomic mass is 9.96. The van der Waals surface area contributed by atoms with E-state index < -0.39 is 18.1 Å². The van der Waals surface area contributed by atoms with Gasteiger partial charge in [-0.05, 0) is 70.9 Å². The van der Waals surface area contributed by atoms with E-state index in [1.54, 1.807) is 0 Å². The molecule has 0 aliphatic rings. The summed E-state index contributed by atoms with van der Waals surface area (Å²) in [5.74, 6) is -1.11. The Morgan fingerprint density at radius 2 is 1.57 bits per heavy atom. The van der Waals surface area contributed by atoms with E-state index >= 15 is 0 Å². The number of aliphatic carboxylic acids is 1. The van der Waals surface area contributed by atoms with Crippen LogP contribution in [-0.2, 0) is 4.79 Å². The minimum atomic E-state index is -1.33. The van der Waals surface area contributed by atoms with Gasteiger partial charge in [-0.25, -0.2) is 9.59 Å². The molecule has 0 rings (SSSR count). The first-order chi connectivity index (χ1) is 11.0. The minimum absolute atomic E-state index is 0.0473. The smallest absolute Gasteiger partial charge is 0.405 e. The topological polar surface area (TPSA) is 163 Å². The molecule has 0 aliphatic heterocycles. The standard InChI is InChI=1S/C14H31N5O4/c15-4-1-6-17-8-3-11(10-18-7-2-5-16)9-12(13(20)21)19-14(22)23/h11-12,17-19H,1-10,15-16H2,(H,20,21)(H,22,23). The first kappa shape index (κ1) is 21.6. The van der Waals surface area contributed by atoms with Crippen molar-refractivity contribution in [3.8, 4) is 0 Å². The number of rotatable bonds is 15. The van der Waals surface area contributed by atoms with Crippen LogP contribution < -0.4 is 27.4 Å². The summed E-state index contributed by atoms with van der Waals surface area (Å²) in [6.07, 6.45) is 1.41. The van der Waals surface area contributed by atoms with Crippen LogP contribution in [0, 0.1) is 5.92 Å². The molecule has 0 spiro atoms. The normalized spacial score (nSPS) is 13.5. The highest BCUT2D eigenvalue weighted by Gasteiger charge is 2.23. The van der Waals surface area contributed by atoms with E-state index in [1.165, 1.54) is 0 Å². The van der Waals surface area contributed by atoms with E-state index in [0.29, 0.717) is 19.6 Å². The SMILES string of the molecule is NCCCNCCC(CNCCCN)CC(NC(=O)O)C(=O)O. The quantitative estimate of drug-likeness (QED) is 0.187. The van der Waals surface area contributed by atoms with Gasteiger partial charge in [0.2, 0.25) is 0 Å². The van der Waals surface area contributed by atoms with Crippen LogP contribution >= 0.6 is 0 Å². The lowest BCUT2D eigenvalue weighted by molar-refractivity contribution is -0.139. The molecule has 0 aromatic heterocycles. The van der Waals surface area contributed by atoms with Crippen LogP contribution in [0.4, 0.5) is 4.79 Å². The largest absolute Gasteiger partial charge is 0.480 e. The summed E-state index contributed by atoms with van der Waals surface area (Å²) in [7, 11) is 0. The highest BCUT2D eigenvalue weighted by Crippen LogP contribution is 2.11. The number of nitrogens with one attached hydrogen (secondary N) is 3. The third-order valence-electron chi connectivity index (χ3n) is 3.44. The molecular formula is C14H31N5O4. The zero-order chi connectivity index (χ0) is 17.5. The Bertz CT molecular complexity index is 330. The molecule has 0 heterocycles. The maximum absolute atomic E-state index is 11.2. The zero-order valence-corrected chi connectivity index (χ0v) is 13.6. The van der Waals surface area contributed by atoms with Gasteiger partial charge in [-0.1, -0.05) is 0 Å². The fourth-order valence-electron chi connectivity index (χ4n) is 2.20. The highest BCUT2D eigenvalue weighted by atomic mass is 16.4. The molecule has 0 aromatic rings. The van der Waals surface area contributed by atoms with Crippen LogP contribution in [-0.4, -0.2) is 67.6 Å². The molecule has 0 aromatic carbocycles. The van der Waals surface area contributed by atoms with Gasteiger partial charge in [0, 0.05) is 0 Å². The molecule has 0 aliphatic carbocycles. The number of hydrogen-bond donors (Lipinski definition) is 7. The zero-order valence-electron chi connectivity index (χ0n) is 13.6. The van der Waals surface area contributed by atoms with Crippen molar-refractivity contribution in [3.63, 3.8) is 0 Å². The van der Waals surface area contributed by atoms with Gasteiger partial charge in [0.05, 0.1) is 0 Å². The Hall–Kier alpha value is -1.42. The van der Waals surface area contributed by atoms with Gasteiger partial charge < -0.3 is 37.6 Å². The first-order valence-electron chi connectivity index (χ1n) is 8.05. The van der Waals surface area contributed by atoms with E-state index in [2.05, 4.69) is 16.0 Å². The molecule has 9 nitrogen and oxygen atoms in total. The van der Waals surface area contributed by atoms with Gasteiger partial charge in [0.25, 0.3) is 0 Å². The van der Waals surface area contributed by atoms with E-state index in [1.807, 2.05) is 0 Å². The summed E-state index contributed by atoms with van der Waals surface area (Å²) in [5.41, 5.74) is 10.9. The molecule has 2 atom stereocenters. The number of hydrogen-bond acceptors (Lipinski definition) is 6. The third-order valence-corrected chi connectivity index (χ3v) is 3.44. The second-order valence-corrected chi connectivity index (χ2v) is 5.47. The van der Waals surface area contributed by atoms with Crippen molar-refractivity contribution in [2.45, 2.75) is 31.7 Å². The Morgan fingerprint density at radius 3 is 2.09 bits per heavy atom. The van der Waals surface area contributed by atoms with Gasteiger partial charge in [-0.2, -0.15) is 0 Å². The average Bonchev–Trinajstić information content (AvgIpc) is 2.49. The van der Waals surface area contributed by atoms with Crippen molar-refractivity contribution in [3.05, 3.63) is 0 Å². The molecule has 23 heavy (non-hydrogen) atoms. The van der Waals surface area contributed by atoms with Crippen LogP contribution in [0.15, 0.2) is 0 Å². The van der Waals surface area contributed by atoms with Gasteiger partial charge in [0.15, 0.2) is 0 Å². The molecule has 0 saturated carbocycles. The third kappa shape index (κ3) is 12.8. The fraction of sp³-hybridized carbons (Fsp3) is 0.857. The molecular weight excluding hydrogens is 302 g/mol. The Kier molecular flexibility index (Phi) is 13.3. The molecule has 0 saturated heterocycles. The average molecular weight is 333 g/mol. The van der Waals surface area contributed by atoms with Gasteiger partial charge in [-0.15, -0.1) is 0 Å². The molecule has 9 N–H and O–H groups in total. The maximum Gasteiger partial charge on any atom is 0.405 e. The predicted molar refractivity (Wildman–Crippen MR) is 88.4 cm³/mol. The second kappa shape index (κ2) is 14.2. The lowest BCUT2D eigenvalue weighted by Crippen LogP contribution is -2.43. The number of nitrogens with two attached hydrogens (primary N) is 2. The van der Waals surface area contributed by atoms with Gasteiger partial charge in [-0.3, -0.25) is 0 Å². The molecule has 136 valence electrons. The lowest BCUT2D eigenvalue weighted by Gasteiger charge is -2.22. The minimum Gasteiger partial charge on any atom is -0.480 e. The summed E-state index contributed by atoms with van der Waals surface area (Å²) in [6.45, 7) is 4.17. The van der Waals surface area contributed by atoms with Crippen LogP contribution in [0.25, 0.3) is 0 Å². The maximum atomic E-state index is 11.2. The van der Waals surface area contributed by atoms with E-state index in [0.717, 1.165) is 38.9 Å². The molecule has 9 heteroatoms. The predicted octanol–water partition coefficient (Wildman–Crippen LogP) is -1.02. The van der Waals surface area contributed by atoms with Crippen LogP contribution in [0.3, 0.4) is 0 Å². The number of carboxylic acids is 1. The molecule has 0 fully saturated rings. The van der Waals surface area contributed by atoms with Crippen molar-refractivity contribution in [1.29, 1.82) is 0 Å². The van der Waals surface area contributed by atoms with Crippen LogP contribution in [0.2, 0.25) is 0 Å².